The average Bonchev–Trinajstić information content (AvgIpc) is 3.21. The number of likely N-dealkylation sites (tertiary alicyclic amines) is 1. The first kappa shape index (κ1) is 23.6. The summed E-state index contributed by atoms with van der Waals surface area (Å²) in [5, 5.41) is 7.14. The molecule has 0 saturated carbocycles. The number of piperidine rings is 1. The number of nitrogens with zero attached hydrogens (tertiary/aromatic N) is 3. The molecule has 1 fully saturated rings. The molecule has 1 aliphatic rings. The molecule has 1 atom stereocenters. The molecule has 0 spiro atoms. The van der Waals surface area contributed by atoms with E-state index in [9.17, 15) is 14.0 Å². The predicted molar refractivity (Wildman–Crippen MR) is 137 cm³/mol. The summed E-state index contributed by atoms with van der Waals surface area (Å²) in [5.41, 5.74) is 7.32. The number of amides is 1. The summed E-state index contributed by atoms with van der Waals surface area (Å²) < 4.78 is 21.4. The van der Waals surface area contributed by atoms with Crippen molar-refractivity contribution in [3.8, 4) is 22.6 Å². The van der Waals surface area contributed by atoms with Crippen molar-refractivity contribution < 1.29 is 13.9 Å². The quantitative estimate of drug-likeness (QED) is 0.373. The summed E-state index contributed by atoms with van der Waals surface area (Å²) in [4.78, 5) is 26.9. The minimum absolute atomic E-state index is 0.107. The molecule has 0 unspecified atom stereocenters. The van der Waals surface area contributed by atoms with Crippen molar-refractivity contribution in [1.29, 1.82) is 0 Å². The zero-order chi connectivity index (χ0) is 25.4. The number of fused-ring (bicyclic) bond motifs is 1. The van der Waals surface area contributed by atoms with Crippen LogP contribution in [-0.2, 0) is 4.79 Å². The van der Waals surface area contributed by atoms with Crippen LogP contribution in [0.1, 0.15) is 18.9 Å². The molecule has 0 aliphatic carbocycles. The van der Waals surface area contributed by atoms with Gasteiger partial charge in [-0.05, 0) is 48.7 Å². The predicted octanol–water partition coefficient (Wildman–Crippen LogP) is 4.91. The maximum atomic E-state index is 14.0. The van der Waals surface area contributed by atoms with E-state index in [0.717, 1.165) is 12.8 Å². The second kappa shape index (κ2) is 9.50. The fourth-order valence-corrected chi connectivity index (χ4v) is 5.12. The minimum atomic E-state index is -0.470. The maximum absolute atomic E-state index is 14.0. The number of halogens is 2. The monoisotopic (exact) mass is 507 g/mol. The first-order valence-corrected chi connectivity index (χ1v) is 11.8. The molecule has 1 aliphatic heterocycles. The molecule has 2 aromatic heterocycles. The Morgan fingerprint density at radius 1 is 1.25 bits per heavy atom. The van der Waals surface area contributed by atoms with E-state index in [1.807, 2.05) is 0 Å². The van der Waals surface area contributed by atoms with E-state index < -0.39 is 11.4 Å². The van der Waals surface area contributed by atoms with Gasteiger partial charge in [-0.1, -0.05) is 42.4 Å². The van der Waals surface area contributed by atoms with Crippen molar-refractivity contribution >= 4 is 34.2 Å². The first-order valence-electron chi connectivity index (χ1n) is 11.4. The van der Waals surface area contributed by atoms with Gasteiger partial charge in [-0.2, -0.15) is 5.10 Å². The number of ether oxygens (including phenoxy) is 1. The second-order valence-corrected chi connectivity index (χ2v) is 8.90. The molecule has 0 bridgehead atoms. The molecule has 0 radical (unpaired) electrons. The molecule has 184 valence electrons. The summed E-state index contributed by atoms with van der Waals surface area (Å²) >= 11 is 6.94. The topological polar surface area (TPSA) is 106 Å². The summed E-state index contributed by atoms with van der Waals surface area (Å²) in [6.07, 6.45) is 2.75. The van der Waals surface area contributed by atoms with Crippen LogP contribution in [0, 0.1) is 5.82 Å². The summed E-state index contributed by atoms with van der Waals surface area (Å²) in [5.74, 6) is 0.0198. The summed E-state index contributed by atoms with van der Waals surface area (Å²) in [6.45, 7) is 4.56. The highest BCUT2D eigenvalue weighted by molar-refractivity contribution is 6.35. The molecule has 4 aromatic rings. The van der Waals surface area contributed by atoms with Crippen LogP contribution in [0.3, 0.4) is 0 Å². The molecule has 36 heavy (non-hydrogen) atoms. The van der Waals surface area contributed by atoms with Gasteiger partial charge in [-0.3, -0.25) is 9.59 Å². The van der Waals surface area contributed by atoms with Gasteiger partial charge < -0.3 is 19.9 Å². The van der Waals surface area contributed by atoms with Gasteiger partial charge in [-0.15, -0.1) is 0 Å². The van der Waals surface area contributed by atoms with E-state index >= 15 is 0 Å². The van der Waals surface area contributed by atoms with Crippen molar-refractivity contribution in [2.45, 2.75) is 18.9 Å². The zero-order valence-electron chi connectivity index (χ0n) is 19.2. The molecule has 3 N–H and O–H groups in total. The molecule has 3 heterocycles. The Balaban J connectivity index is 1.59. The number of aromatic nitrogens is 3. The van der Waals surface area contributed by atoms with E-state index in [-0.39, 0.29) is 23.5 Å². The SMILES string of the molecule is C=CC(=O)N1CCC[C@@H](n2c(Cl)c(-c3ccc(Oc4ccccc4F)cc3)c3c(N)n[nH]c(=O)c32)C1. The fraction of sp³-hybridized carbons (Fsp3) is 0.192. The van der Waals surface area contributed by atoms with E-state index in [0.29, 0.717) is 46.0 Å². The number of para-hydroxylation sites is 1. The Morgan fingerprint density at radius 2 is 2.00 bits per heavy atom. The van der Waals surface area contributed by atoms with Crippen LogP contribution in [0.4, 0.5) is 10.2 Å². The highest BCUT2D eigenvalue weighted by Gasteiger charge is 2.30. The number of aromatic amines is 1. The Hall–Kier alpha value is -4.11. The number of H-pyrrole nitrogens is 1. The molecular formula is C26H23ClFN5O3. The zero-order valence-corrected chi connectivity index (χ0v) is 20.0. The lowest BCUT2D eigenvalue weighted by molar-refractivity contribution is -0.127. The number of carbonyl (C=O) groups is 1. The number of anilines is 1. The first-order chi connectivity index (χ1) is 17.4. The van der Waals surface area contributed by atoms with Gasteiger partial charge in [0.2, 0.25) is 5.91 Å². The Morgan fingerprint density at radius 3 is 2.72 bits per heavy atom. The van der Waals surface area contributed by atoms with Gasteiger partial charge in [-0.25, -0.2) is 9.49 Å². The molecule has 5 rings (SSSR count). The highest BCUT2D eigenvalue weighted by atomic mass is 35.5. The third-order valence-electron chi connectivity index (χ3n) is 6.35. The van der Waals surface area contributed by atoms with Gasteiger partial charge in [0.1, 0.15) is 16.4 Å². The largest absolute Gasteiger partial charge is 0.454 e. The summed E-state index contributed by atoms with van der Waals surface area (Å²) in [7, 11) is 0. The van der Waals surface area contributed by atoms with Crippen molar-refractivity contribution in [3.05, 3.63) is 82.5 Å². The number of nitrogens with one attached hydrogen (secondary N) is 1. The molecular weight excluding hydrogens is 485 g/mol. The fourth-order valence-electron chi connectivity index (χ4n) is 4.70. The van der Waals surface area contributed by atoms with E-state index in [4.69, 9.17) is 22.1 Å². The lowest BCUT2D eigenvalue weighted by atomic mass is 10.1. The number of hydrogen-bond acceptors (Lipinski definition) is 5. The molecule has 8 nitrogen and oxygen atoms in total. The number of carbonyl (C=O) groups excluding carboxylic acids is 1. The maximum Gasteiger partial charge on any atom is 0.288 e. The van der Waals surface area contributed by atoms with Crippen LogP contribution in [0.15, 0.2) is 66.0 Å². The van der Waals surface area contributed by atoms with Gasteiger partial charge >= 0.3 is 0 Å². The number of nitrogen functional groups attached to an aromatic ring is 1. The minimum Gasteiger partial charge on any atom is -0.454 e. The molecule has 2 aromatic carbocycles. The van der Waals surface area contributed by atoms with Crippen LogP contribution in [0.2, 0.25) is 5.15 Å². The number of hydrogen-bond donors (Lipinski definition) is 2. The Labute approximate surface area is 210 Å². The van der Waals surface area contributed by atoms with Crippen LogP contribution in [-0.4, -0.2) is 38.7 Å². The van der Waals surface area contributed by atoms with Gasteiger partial charge in [0.15, 0.2) is 17.4 Å². The standard InChI is InChI=1S/C26H23ClFN5O3/c1-2-20(34)32-13-5-6-16(14-32)33-23-22(25(29)30-31-26(23)35)21(24(33)27)15-9-11-17(12-10-15)36-19-8-4-3-7-18(19)28/h2-4,7-12,16H,1,5-6,13-14H2,(H2,29,30)(H,31,35)/t16-/m1/s1. The van der Waals surface area contributed by atoms with Crippen molar-refractivity contribution in [3.63, 3.8) is 0 Å². The third kappa shape index (κ3) is 4.11. The van der Waals surface area contributed by atoms with Gasteiger partial charge in [0, 0.05) is 18.7 Å². The van der Waals surface area contributed by atoms with Crippen molar-refractivity contribution in [2.24, 2.45) is 0 Å². The lowest BCUT2D eigenvalue weighted by Gasteiger charge is -2.33. The smallest absolute Gasteiger partial charge is 0.288 e. The van der Waals surface area contributed by atoms with Gasteiger partial charge in [0.05, 0.1) is 11.4 Å². The summed E-state index contributed by atoms with van der Waals surface area (Å²) in [6, 6.07) is 12.8. The number of nitrogens with two attached hydrogens (primary N) is 1. The molecule has 1 amide bonds. The van der Waals surface area contributed by atoms with Crippen LogP contribution < -0.4 is 16.0 Å². The van der Waals surface area contributed by atoms with Crippen molar-refractivity contribution in [2.75, 3.05) is 18.8 Å². The Kier molecular flexibility index (Phi) is 6.24. The average molecular weight is 508 g/mol. The highest BCUT2D eigenvalue weighted by Crippen LogP contribution is 2.42. The van der Waals surface area contributed by atoms with E-state index in [1.54, 1.807) is 45.9 Å². The number of rotatable bonds is 5. The van der Waals surface area contributed by atoms with E-state index in [1.165, 1.54) is 18.2 Å². The van der Waals surface area contributed by atoms with Crippen LogP contribution in [0.5, 0.6) is 11.5 Å². The molecule has 1 saturated heterocycles. The lowest BCUT2D eigenvalue weighted by Crippen LogP contribution is -2.40. The molecule has 10 heteroatoms. The second-order valence-electron chi connectivity index (χ2n) is 8.54. The van der Waals surface area contributed by atoms with E-state index in [2.05, 4.69) is 16.8 Å². The van der Waals surface area contributed by atoms with Crippen molar-refractivity contribution in [1.82, 2.24) is 19.7 Å². The third-order valence-corrected chi connectivity index (χ3v) is 6.72. The van der Waals surface area contributed by atoms with Crippen LogP contribution >= 0.6 is 11.6 Å². The Bertz CT molecular complexity index is 1530. The van der Waals surface area contributed by atoms with Crippen LogP contribution in [0.25, 0.3) is 22.0 Å². The normalized spacial score (nSPS) is 15.7. The van der Waals surface area contributed by atoms with Gasteiger partial charge in [0.25, 0.3) is 5.56 Å². The number of benzene rings is 2.